The lowest BCUT2D eigenvalue weighted by Crippen LogP contribution is -2.43. The zero-order valence-corrected chi connectivity index (χ0v) is 19.3. The monoisotopic (exact) mass is 410 g/mol. The molecule has 1 N–H and O–H groups in total. The number of aliphatic hydroxyl groups is 1. The Morgan fingerprint density at radius 3 is 2.63 bits per heavy atom. The second-order valence-electron chi connectivity index (χ2n) is 9.05. The predicted octanol–water partition coefficient (Wildman–Crippen LogP) is 6.36. The van der Waals surface area contributed by atoms with Crippen molar-refractivity contribution < 1.29 is 14.6 Å². The first-order valence-corrected chi connectivity index (χ1v) is 11.8. The van der Waals surface area contributed by atoms with E-state index in [0.717, 1.165) is 25.7 Å². The van der Waals surface area contributed by atoms with Gasteiger partial charge in [0.05, 0.1) is 11.7 Å². The fraction of sp³-hybridized carbons (Fsp3) is 0.593. The van der Waals surface area contributed by atoms with Gasteiger partial charge in [-0.15, -0.1) is 0 Å². The smallest absolute Gasteiger partial charge is 0.343 e. The molecule has 0 radical (unpaired) electrons. The van der Waals surface area contributed by atoms with Crippen LogP contribution in [0.1, 0.15) is 83.8 Å². The van der Waals surface area contributed by atoms with E-state index in [4.69, 9.17) is 4.74 Å². The second-order valence-corrected chi connectivity index (χ2v) is 9.05. The molecular formula is C27H38O3. The molecule has 0 bridgehead atoms. The summed E-state index contributed by atoms with van der Waals surface area (Å²) in [5.74, 6) is 2.25. The fourth-order valence-corrected chi connectivity index (χ4v) is 6.22. The SMILES string of the molecule is C/C=C\C(=C/C)C(=O)Oc1ccc2c(c1)CCC1C2CCC2(C)C(O)CCC12.CC. The Morgan fingerprint density at radius 2 is 1.93 bits per heavy atom. The molecule has 2 saturated carbocycles. The summed E-state index contributed by atoms with van der Waals surface area (Å²) in [6, 6.07) is 6.22. The van der Waals surface area contributed by atoms with E-state index in [9.17, 15) is 9.90 Å². The van der Waals surface area contributed by atoms with Crippen molar-refractivity contribution in [1.29, 1.82) is 0 Å². The molecular weight excluding hydrogens is 372 g/mol. The molecule has 0 amide bonds. The van der Waals surface area contributed by atoms with Crippen molar-refractivity contribution in [3.63, 3.8) is 0 Å². The van der Waals surface area contributed by atoms with Crippen LogP contribution >= 0.6 is 0 Å². The van der Waals surface area contributed by atoms with Crippen molar-refractivity contribution in [2.75, 3.05) is 0 Å². The van der Waals surface area contributed by atoms with Crippen LogP contribution in [0.3, 0.4) is 0 Å². The number of allylic oxidation sites excluding steroid dienone is 2. The average Bonchev–Trinajstić information content (AvgIpc) is 3.07. The molecule has 0 aromatic heterocycles. The molecule has 4 rings (SSSR count). The number of aliphatic hydroxyl groups excluding tert-OH is 1. The van der Waals surface area contributed by atoms with Gasteiger partial charge >= 0.3 is 5.97 Å². The molecule has 0 heterocycles. The molecule has 0 saturated heterocycles. The number of fused-ring (bicyclic) bond motifs is 5. The van der Waals surface area contributed by atoms with Gasteiger partial charge in [-0.25, -0.2) is 4.79 Å². The maximum atomic E-state index is 12.4. The van der Waals surface area contributed by atoms with E-state index in [0.29, 0.717) is 29.1 Å². The Hall–Kier alpha value is -1.87. The van der Waals surface area contributed by atoms with Crippen LogP contribution < -0.4 is 4.74 Å². The Labute approximate surface area is 182 Å². The molecule has 3 nitrogen and oxygen atoms in total. The summed E-state index contributed by atoms with van der Waals surface area (Å²) >= 11 is 0. The maximum Gasteiger partial charge on any atom is 0.343 e. The zero-order chi connectivity index (χ0) is 21.9. The van der Waals surface area contributed by atoms with E-state index in [1.54, 1.807) is 12.2 Å². The zero-order valence-electron chi connectivity index (χ0n) is 19.3. The number of ether oxygens (including phenoxy) is 1. The third-order valence-electron chi connectivity index (χ3n) is 7.75. The highest BCUT2D eigenvalue weighted by atomic mass is 16.5. The van der Waals surface area contributed by atoms with E-state index >= 15 is 0 Å². The summed E-state index contributed by atoms with van der Waals surface area (Å²) in [5, 5.41) is 10.5. The molecule has 3 aliphatic rings. The topological polar surface area (TPSA) is 46.5 Å². The third-order valence-corrected chi connectivity index (χ3v) is 7.75. The Kier molecular flexibility index (Phi) is 7.23. The first-order chi connectivity index (χ1) is 14.5. The van der Waals surface area contributed by atoms with Crippen molar-refractivity contribution in [3.05, 3.63) is 53.1 Å². The predicted molar refractivity (Wildman–Crippen MR) is 123 cm³/mol. The summed E-state index contributed by atoms with van der Waals surface area (Å²) in [4.78, 5) is 12.4. The molecule has 3 aliphatic carbocycles. The number of hydrogen-bond donors (Lipinski definition) is 1. The summed E-state index contributed by atoms with van der Waals surface area (Å²) in [7, 11) is 0. The first kappa shape index (κ1) is 22.8. The van der Waals surface area contributed by atoms with Crippen LogP contribution in [0.5, 0.6) is 5.75 Å². The van der Waals surface area contributed by atoms with Crippen molar-refractivity contribution in [3.8, 4) is 5.75 Å². The van der Waals surface area contributed by atoms with Crippen molar-refractivity contribution in [1.82, 2.24) is 0 Å². The number of esters is 1. The quantitative estimate of drug-likeness (QED) is 0.273. The molecule has 3 heteroatoms. The lowest BCUT2D eigenvalue weighted by Gasteiger charge is -2.50. The van der Waals surface area contributed by atoms with Crippen molar-refractivity contribution in [2.45, 2.75) is 85.2 Å². The van der Waals surface area contributed by atoms with Gasteiger partial charge in [0.25, 0.3) is 0 Å². The minimum atomic E-state index is -0.303. The summed E-state index contributed by atoms with van der Waals surface area (Å²) < 4.78 is 5.63. The molecule has 0 aliphatic heterocycles. The number of hydrogen-bond acceptors (Lipinski definition) is 3. The molecule has 0 spiro atoms. The van der Waals surface area contributed by atoms with Gasteiger partial charge in [-0.05, 0) is 98.8 Å². The van der Waals surface area contributed by atoms with Gasteiger partial charge in [-0.3, -0.25) is 0 Å². The third kappa shape index (κ3) is 4.01. The summed E-state index contributed by atoms with van der Waals surface area (Å²) in [5.41, 5.74) is 3.47. The summed E-state index contributed by atoms with van der Waals surface area (Å²) in [6.45, 7) is 10.1. The van der Waals surface area contributed by atoms with Crippen molar-refractivity contribution in [2.24, 2.45) is 17.3 Å². The normalized spacial score (nSPS) is 32.5. The molecule has 30 heavy (non-hydrogen) atoms. The van der Waals surface area contributed by atoms with E-state index in [1.807, 2.05) is 39.8 Å². The van der Waals surface area contributed by atoms with Gasteiger partial charge in [0.2, 0.25) is 0 Å². The maximum absolute atomic E-state index is 12.4. The largest absolute Gasteiger partial charge is 0.423 e. The number of rotatable bonds is 3. The second kappa shape index (κ2) is 9.51. The van der Waals surface area contributed by atoms with Gasteiger partial charge in [-0.2, -0.15) is 0 Å². The number of carbonyl (C=O) groups is 1. The summed E-state index contributed by atoms with van der Waals surface area (Å²) in [6.07, 6.45) is 11.9. The van der Waals surface area contributed by atoms with Crippen LogP contribution in [0, 0.1) is 17.3 Å². The highest BCUT2D eigenvalue weighted by molar-refractivity contribution is 5.93. The number of benzene rings is 1. The molecule has 5 atom stereocenters. The highest BCUT2D eigenvalue weighted by Gasteiger charge is 2.54. The van der Waals surface area contributed by atoms with Crippen LogP contribution in [0.25, 0.3) is 0 Å². The van der Waals surface area contributed by atoms with Crippen LogP contribution in [0.4, 0.5) is 0 Å². The van der Waals surface area contributed by atoms with Gasteiger partial charge < -0.3 is 9.84 Å². The molecule has 164 valence electrons. The van der Waals surface area contributed by atoms with E-state index in [1.165, 1.54) is 24.0 Å². The van der Waals surface area contributed by atoms with Crippen LogP contribution in [-0.2, 0) is 11.2 Å². The minimum absolute atomic E-state index is 0.115. The lowest BCUT2D eigenvalue weighted by molar-refractivity contribution is -0.129. The van der Waals surface area contributed by atoms with Gasteiger partial charge in [0.15, 0.2) is 0 Å². The van der Waals surface area contributed by atoms with Gasteiger partial charge in [0.1, 0.15) is 5.75 Å². The van der Waals surface area contributed by atoms with Gasteiger partial charge in [0, 0.05) is 0 Å². The van der Waals surface area contributed by atoms with Crippen LogP contribution in [0.15, 0.2) is 42.0 Å². The number of aryl methyl sites for hydroxylation is 1. The average molecular weight is 411 g/mol. The van der Waals surface area contributed by atoms with Crippen LogP contribution in [-0.4, -0.2) is 17.2 Å². The number of carbonyl (C=O) groups excluding carboxylic acids is 1. The highest BCUT2D eigenvalue weighted by Crippen LogP contribution is 2.60. The fourth-order valence-electron chi connectivity index (χ4n) is 6.22. The van der Waals surface area contributed by atoms with E-state index in [-0.39, 0.29) is 17.5 Å². The standard InChI is InChI=1S/C25H32O3.C2H6/c1-4-6-16(5-2)24(27)28-18-8-10-19-17(15-18)7-9-21-20(19)13-14-25(3)22(21)11-12-23(25)26;1-2/h4-6,8,10,15,20-23,26H,7,9,11-14H2,1-3H3;1-2H3/b6-4-,16-5+;. The minimum Gasteiger partial charge on any atom is -0.423 e. The molecule has 1 aromatic carbocycles. The lowest BCUT2D eigenvalue weighted by atomic mass is 9.55. The molecule has 2 fully saturated rings. The Balaban J connectivity index is 0.00000124. The van der Waals surface area contributed by atoms with E-state index < -0.39 is 0 Å². The first-order valence-electron chi connectivity index (χ1n) is 11.8. The van der Waals surface area contributed by atoms with Crippen molar-refractivity contribution >= 4 is 5.97 Å². The Morgan fingerprint density at radius 1 is 1.17 bits per heavy atom. The van der Waals surface area contributed by atoms with Gasteiger partial charge in [-0.1, -0.05) is 45.1 Å². The molecule has 1 aromatic rings. The van der Waals surface area contributed by atoms with E-state index in [2.05, 4.69) is 19.1 Å². The Bertz CT molecular complexity index is 821. The van der Waals surface area contributed by atoms with Crippen LogP contribution in [0.2, 0.25) is 0 Å². The molecule has 5 unspecified atom stereocenters.